The summed E-state index contributed by atoms with van der Waals surface area (Å²) in [4.78, 5) is 11.6. The van der Waals surface area contributed by atoms with Crippen LogP contribution in [-0.2, 0) is 4.79 Å². The van der Waals surface area contributed by atoms with Crippen LogP contribution >= 0.6 is 0 Å². The minimum atomic E-state index is 0.236. The van der Waals surface area contributed by atoms with E-state index in [4.69, 9.17) is 0 Å². The first-order valence-corrected chi connectivity index (χ1v) is 6.73. The Bertz CT molecular complexity index is 196. The molecule has 3 heteroatoms. The maximum absolute atomic E-state index is 11.6. The van der Waals surface area contributed by atoms with Gasteiger partial charge < -0.3 is 10.6 Å². The topological polar surface area (TPSA) is 41.1 Å². The highest BCUT2D eigenvalue weighted by atomic mass is 16.1. The number of rotatable bonds is 7. The van der Waals surface area contributed by atoms with Crippen LogP contribution in [0.1, 0.15) is 46.0 Å². The molecule has 1 atom stereocenters. The van der Waals surface area contributed by atoms with Crippen molar-refractivity contribution in [3.05, 3.63) is 0 Å². The van der Waals surface area contributed by atoms with Gasteiger partial charge in [-0.2, -0.15) is 0 Å². The average molecular weight is 226 g/mol. The van der Waals surface area contributed by atoms with Gasteiger partial charge in [-0.3, -0.25) is 4.79 Å². The second kappa shape index (κ2) is 7.66. The Hall–Kier alpha value is -0.570. The van der Waals surface area contributed by atoms with E-state index >= 15 is 0 Å². The summed E-state index contributed by atoms with van der Waals surface area (Å²) in [5.41, 5.74) is 0. The third-order valence-electron chi connectivity index (χ3n) is 3.67. The van der Waals surface area contributed by atoms with E-state index in [2.05, 4.69) is 24.5 Å². The SMILES string of the molecule is CCC(CC)CC(=O)NCCC1CCNC1. The van der Waals surface area contributed by atoms with Crippen LogP contribution in [0.25, 0.3) is 0 Å². The van der Waals surface area contributed by atoms with Crippen molar-refractivity contribution in [1.29, 1.82) is 0 Å². The van der Waals surface area contributed by atoms with Gasteiger partial charge in [0.15, 0.2) is 0 Å². The molecule has 16 heavy (non-hydrogen) atoms. The molecule has 0 radical (unpaired) electrons. The van der Waals surface area contributed by atoms with Crippen LogP contribution in [0.15, 0.2) is 0 Å². The van der Waals surface area contributed by atoms with Crippen molar-refractivity contribution in [3.8, 4) is 0 Å². The van der Waals surface area contributed by atoms with Crippen molar-refractivity contribution in [3.63, 3.8) is 0 Å². The van der Waals surface area contributed by atoms with Crippen molar-refractivity contribution in [2.45, 2.75) is 46.0 Å². The largest absolute Gasteiger partial charge is 0.356 e. The van der Waals surface area contributed by atoms with Crippen molar-refractivity contribution >= 4 is 5.91 Å². The molecule has 3 nitrogen and oxygen atoms in total. The van der Waals surface area contributed by atoms with E-state index in [9.17, 15) is 4.79 Å². The highest BCUT2D eigenvalue weighted by molar-refractivity contribution is 5.76. The molecule has 94 valence electrons. The fraction of sp³-hybridized carbons (Fsp3) is 0.923. The standard InChI is InChI=1S/C13H26N2O/c1-3-11(4-2)9-13(16)15-8-6-12-5-7-14-10-12/h11-12,14H,3-10H2,1-2H3,(H,15,16). The maximum atomic E-state index is 11.6. The molecule has 1 aliphatic heterocycles. The molecule has 0 aromatic rings. The van der Waals surface area contributed by atoms with Gasteiger partial charge in [0.2, 0.25) is 5.91 Å². The van der Waals surface area contributed by atoms with E-state index in [1.807, 2.05) is 0 Å². The van der Waals surface area contributed by atoms with Crippen LogP contribution in [0.5, 0.6) is 0 Å². The minimum Gasteiger partial charge on any atom is -0.356 e. The van der Waals surface area contributed by atoms with E-state index in [1.54, 1.807) is 0 Å². The van der Waals surface area contributed by atoms with E-state index in [1.165, 1.54) is 6.42 Å². The lowest BCUT2D eigenvalue weighted by atomic mass is 9.99. The summed E-state index contributed by atoms with van der Waals surface area (Å²) in [6, 6.07) is 0. The van der Waals surface area contributed by atoms with Gasteiger partial charge >= 0.3 is 0 Å². The lowest BCUT2D eigenvalue weighted by Crippen LogP contribution is -2.27. The molecule has 1 fully saturated rings. The second-order valence-corrected chi connectivity index (χ2v) is 4.88. The molecule has 1 amide bonds. The van der Waals surface area contributed by atoms with E-state index < -0.39 is 0 Å². The predicted molar refractivity (Wildman–Crippen MR) is 67.3 cm³/mol. The van der Waals surface area contributed by atoms with Crippen LogP contribution in [-0.4, -0.2) is 25.5 Å². The molecule has 0 aliphatic carbocycles. The van der Waals surface area contributed by atoms with Crippen LogP contribution in [0.4, 0.5) is 0 Å². The molecule has 2 N–H and O–H groups in total. The molecule has 0 spiro atoms. The van der Waals surface area contributed by atoms with Crippen LogP contribution < -0.4 is 10.6 Å². The van der Waals surface area contributed by atoms with Crippen LogP contribution in [0.3, 0.4) is 0 Å². The lowest BCUT2D eigenvalue weighted by Gasteiger charge is -2.13. The first-order chi connectivity index (χ1) is 7.76. The smallest absolute Gasteiger partial charge is 0.220 e. The first-order valence-electron chi connectivity index (χ1n) is 6.73. The van der Waals surface area contributed by atoms with Crippen molar-refractivity contribution in [2.75, 3.05) is 19.6 Å². The number of hydrogen-bond acceptors (Lipinski definition) is 2. The van der Waals surface area contributed by atoms with Crippen molar-refractivity contribution in [1.82, 2.24) is 10.6 Å². The van der Waals surface area contributed by atoms with Gasteiger partial charge in [0.05, 0.1) is 0 Å². The Labute approximate surface area is 99.4 Å². The Morgan fingerprint density at radius 3 is 2.75 bits per heavy atom. The monoisotopic (exact) mass is 226 g/mol. The molecule has 0 saturated carbocycles. The number of hydrogen-bond donors (Lipinski definition) is 2. The zero-order valence-corrected chi connectivity index (χ0v) is 10.7. The minimum absolute atomic E-state index is 0.236. The predicted octanol–water partition coefficient (Wildman–Crippen LogP) is 1.93. The molecule has 1 rings (SSSR count). The molecule has 1 aliphatic rings. The summed E-state index contributed by atoms with van der Waals surface area (Å²) < 4.78 is 0. The van der Waals surface area contributed by atoms with Gasteiger partial charge in [-0.25, -0.2) is 0 Å². The molecule has 1 saturated heterocycles. The summed E-state index contributed by atoms with van der Waals surface area (Å²) in [6.45, 7) is 7.44. The normalized spacial score (nSPS) is 20.3. The molecular formula is C13H26N2O. The average Bonchev–Trinajstić information content (AvgIpc) is 2.79. The summed E-state index contributed by atoms with van der Waals surface area (Å²) in [5, 5.41) is 6.39. The zero-order chi connectivity index (χ0) is 11.8. The number of amides is 1. The maximum Gasteiger partial charge on any atom is 0.220 e. The van der Waals surface area contributed by atoms with Gasteiger partial charge in [-0.1, -0.05) is 26.7 Å². The Kier molecular flexibility index (Phi) is 6.46. The molecule has 0 aromatic carbocycles. The quantitative estimate of drug-likeness (QED) is 0.696. The van der Waals surface area contributed by atoms with Gasteiger partial charge in [0, 0.05) is 13.0 Å². The second-order valence-electron chi connectivity index (χ2n) is 4.88. The number of carbonyl (C=O) groups is 1. The summed E-state index contributed by atoms with van der Waals surface area (Å²) in [7, 11) is 0. The van der Waals surface area contributed by atoms with Crippen molar-refractivity contribution in [2.24, 2.45) is 11.8 Å². The zero-order valence-electron chi connectivity index (χ0n) is 10.7. The Balaban J connectivity index is 2.05. The van der Waals surface area contributed by atoms with Crippen LogP contribution in [0, 0.1) is 11.8 Å². The van der Waals surface area contributed by atoms with Crippen molar-refractivity contribution < 1.29 is 4.79 Å². The van der Waals surface area contributed by atoms with E-state index in [-0.39, 0.29) is 5.91 Å². The summed E-state index contributed by atoms with van der Waals surface area (Å²) in [5.74, 6) is 1.57. The highest BCUT2D eigenvalue weighted by Gasteiger charge is 2.14. The van der Waals surface area contributed by atoms with Gasteiger partial charge in [-0.15, -0.1) is 0 Å². The third-order valence-corrected chi connectivity index (χ3v) is 3.67. The molecule has 0 bridgehead atoms. The molecular weight excluding hydrogens is 200 g/mol. The molecule has 0 aromatic heterocycles. The summed E-state index contributed by atoms with van der Waals surface area (Å²) in [6.07, 6.45) is 5.31. The number of nitrogens with one attached hydrogen (secondary N) is 2. The Morgan fingerprint density at radius 2 is 2.19 bits per heavy atom. The molecule has 1 unspecified atom stereocenters. The number of carbonyl (C=O) groups excluding carboxylic acids is 1. The Morgan fingerprint density at radius 1 is 1.44 bits per heavy atom. The van der Waals surface area contributed by atoms with Crippen LogP contribution in [0.2, 0.25) is 0 Å². The third kappa shape index (κ3) is 4.97. The summed E-state index contributed by atoms with van der Waals surface area (Å²) >= 11 is 0. The van der Waals surface area contributed by atoms with Gasteiger partial charge in [-0.05, 0) is 37.8 Å². The van der Waals surface area contributed by atoms with Gasteiger partial charge in [0.25, 0.3) is 0 Å². The molecule has 1 heterocycles. The van der Waals surface area contributed by atoms with Gasteiger partial charge in [0.1, 0.15) is 0 Å². The fourth-order valence-corrected chi connectivity index (χ4v) is 2.29. The van der Waals surface area contributed by atoms with E-state index in [0.29, 0.717) is 12.3 Å². The van der Waals surface area contributed by atoms with E-state index in [0.717, 1.165) is 44.8 Å². The fourth-order valence-electron chi connectivity index (χ4n) is 2.29. The highest BCUT2D eigenvalue weighted by Crippen LogP contribution is 2.13. The first kappa shape index (κ1) is 13.5. The lowest BCUT2D eigenvalue weighted by molar-refractivity contribution is -0.122.